The SMILES string of the molecule is COc1cc(/C=C2\SC(=O)N(Cc3ccc(Cl)c(Cl)c3)C2=O)ccc1OC(=O)c1cccc(Br)c1. The second kappa shape index (κ2) is 10.9. The van der Waals surface area contributed by atoms with E-state index < -0.39 is 11.9 Å². The Morgan fingerprint density at radius 2 is 1.83 bits per heavy atom. The fourth-order valence-electron chi connectivity index (χ4n) is 3.24. The minimum Gasteiger partial charge on any atom is -0.493 e. The second-order valence-corrected chi connectivity index (χ2v) is 10.0. The number of thioether (sulfide) groups is 1. The highest BCUT2D eigenvalue weighted by Gasteiger charge is 2.35. The Morgan fingerprint density at radius 3 is 2.54 bits per heavy atom. The number of imide groups is 1. The molecule has 0 aliphatic carbocycles. The molecule has 3 aromatic rings. The molecule has 0 unspecified atom stereocenters. The minimum atomic E-state index is -0.541. The highest BCUT2D eigenvalue weighted by Crippen LogP contribution is 2.36. The van der Waals surface area contributed by atoms with Crippen molar-refractivity contribution in [3.63, 3.8) is 0 Å². The minimum absolute atomic E-state index is 0.0761. The quantitative estimate of drug-likeness (QED) is 0.171. The monoisotopic (exact) mass is 591 g/mol. The summed E-state index contributed by atoms with van der Waals surface area (Å²) in [4.78, 5) is 39.2. The maximum atomic E-state index is 12.9. The summed E-state index contributed by atoms with van der Waals surface area (Å²) >= 11 is 16.1. The van der Waals surface area contributed by atoms with Crippen molar-refractivity contribution in [1.82, 2.24) is 4.90 Å². The van der Waals surface area contributed by atoms with Crippen LogP contribution >= 0.6 is 50.9 Å². The molecule has 0 spiro atoms. The van der Waals surface area contributed by atoms with Crippen LogP contribution in [0.2, 0.25) is 10.0 Å². The van der Waals surface area contributed by atoms with E-state index in [9.17, 15) is 14.4 Å². The van der Waals surface area contributed by atoms with Crippen molar-refractivity contribution in [2.75, 3.05) is 7.11 Å². The van der Waals surface area contributed by atoms with Gasteiger partial charge in [-0.05, 0) is 71.4 Å². The molecule has 1 saturated heterocycles. The maximum Gasteiger partial charge on any atom is 0.343 e. The van der Waals surface area contributed by atoms with E-state index in [-0.39, 0.29) is 22.4 Å². The molecule has 0 radical (unpaired) electrons. The van der Waals surface area contributed by atoms with Gasteiger partial charge in [0.05, 0.1) is 34.2 Å². The largest absolute Gasteiger partial charge is 0.493 e. The summed E-state index contributed by atoms with van der Waals surface area (Å²) in [6.07, 6.45) is 1.59. The zero-order valence-electron chi connectivity index (χ0n) is 18.1. The van der Waals surface area contributed by atoms with Crippen molar-refractivity contribution in [3.8, 4) is 11.5 Å². The van der Waals surface area contributed by atoms with E-state index >= 15 is 0 Å². The van der Waals surface area contributed by atoms with Gasteiger partial charge in [0.25, 0.3) is 11.1 Å². The zero-order chi connectivity index (χ0) is 25.1. The van der Waals surface area contributed by atoms with Crippen LogP contribution in [-0.4, -0.2) is 29.1 Å². The number of esters is 1. The molecule has 0 atom stereocenters. The predicted molar refractivity (Wildman–Crippen MR) is 140 cm³/mol. The zero-order valence-corrected chi connectivity index (χ0v) is 22.0. The molecule has 0 N–H and O–H groups in total. The Kier molecular flexibility index (Phi) is 7.86. The third kappa shape index (κ3) is 5.90. The molecule has 2 amide bonds. The van der Waals surface area contributed by atoms with Gasteiger partial charge >= 0.3 is 5.97 Å². The number of amides is 2. The molecule has 10 heteroatoms. The highest BCUT2D eigenvalue weighted by molar-refractivity contribution is 9.10. The van der Waals surface area contributed by atoms with Crippen molar-refractivity contribution in [3.05, 3.63) is 96.8 Å². The normalized spacial score (nSPS) is 14.5. The standard InChI is InChI=1S/C25H16BrCl2NO5S/c1-33-21-10-14(6-8-20(21)34-24(31)16-3-2-4-17(26)12-16)11-22-23(30)29(25(32)35-22)13-15-5-7-18(27)19(28)9-15/h2-12H,13H2,1H3/b22-11-. The summed E-state index contributed by atoms with van der Waals surface area (Å²) < 4.78 is 11.6. The lowest BCUT2D eigenvalue weighted by Gasteiger charge is -2.13. The first-order chi connectivity index (χ1) is 16.7. The topological polar surface area (TPSA) is 72.9 Å². The van der Waals surface area contributed by atoms with E-state index in [2.05, 4.69) is 15.9 Å². The molecule has 3 aromatic carbocycles. The molecule has 1 aliphatic rings. The van der Waals surface area contributed by atoms with Crippen molar-refractivity contribution in [1.29, 1.82) is 0 Å². The number of benzene rings is 3. The Morgan fingerprint density at radius 1 is 1.03 bits per heavy atom. The lowest BCUT2D eigenvalue weighted by molar-refractivity contribution is -0.123. The van der Waals surface area contributed by atoms with Crippen molar-refractivity contribution in [2.45, 2.75) is 6.54 Å². The van der Waals surface area contributed by atoms with Gasteiger partial charge < -0.3 is 9.47 Å². The van der Waals surface area contributed by atoms with Crippen LogP contribution in [0.3, 0.4) is 0 Å². The number of carbonyl (C=O) groups excluding carboxylic acids is 3. The first-order valence-corrected chi connectivity index (χ1v) is 12.5. The number of methoxy groups -OCH3 is 1. The van der Waals surface area contributed by atoms with Gasteiger partial charge in [-0.3, -0.25) is 14.5 Å². The van der Waals surface area contributed by atoms with Gasteiger partial charge in [0, 0.05) is 4.47 Å². The number of hydrogen-bond donors (Lipinski definition) is 0. The second-order valence-electron chi connectivity index (χ2n) is 7.33. The number of carbonyl (C=O) groups is 3. The van der Waals surface area contributed by atoms with Crippen molar-refractivity contribution < 1.29 is 23.9 Å². The first kappa shape index (κ1) is 25.3. The van der Waals surface area contributed by atoms with Crippen LogP contribution in [0.1, 0.15) is 21.5 Å². The Bertz CT molecular complexity index is 1380. The molecular weight excluding hydrogens is 577 g/mol. The van der Waals surface area contributed by atoms with Crippen LogP contribution in [0.4, 0.5) is 4.79 Å². The molecule has 0 saturated carbocycles. The number of halogens is 3. The van der Waals surface area contributed by atoms with Crippen LogP contribution in [0.25, 0.3) is 6.08 Å². The van der Waals surface area contributed by atoms with Gasteiger partial charge in [0.15, 0.2) is 11.5 Å². The first-order valence-electron chi connectivity index (χ1n) is 10.1. The summed E-state index contributed by atoms with van der Waals surface area (Å²) in [6, 6.07) is 16.6. The molecule has 1 heterocycles. The number of ether oxygens (including phenoxy) is 2. The molecule has 0 aromatic heterocycles. The van der Waals surface area contributed by atoms with E-state index in [4.69, 9.17) is 32.7 Å². The van der Waals surface area contributed by atoms with Gasteiger partial charge in [-0.1, -0.05) is 57.3 Å². The summed E-state index contributed by atoms with van der Waals surface area (Å²) in [5, 5.41) is 0.350. The lowest BCUT2D eigenvalue weighted by Crippen LogP contribution is -2.27. The summed E-state index contributed by atoms with van der Waals surface area (Å²) in [7, 11) is 1.45. The Balaban J connectivity index is 1.52. The molecule has 0 bridgehead atoms. The van der Waals surface area contributed by atoms with Crippen LogP contribution in [-0.2, 0) is 11.3 Å². The van der Waals surface area contributed by atoms with Crippen LogP contribution in [0.5, 0.6) is 11.5 Å². The molecule has 178 valence electrons. The fourth-order valence-corrected chi connectivity index (χ4v) is 4.80. The number of hydrogen-bond acceptors (Lipinski definition) is 6. The van der Waals surface area contributed by atoms with E-state index in [0.29, 0.717) is 32.5 Å². The van der Waals surface area contributed by atoms with Gasteiger partial charge in [-0.25, -0.2) is 4.79 Å². The van der Waals surface area contributed by atoms with Crippen molar-refractivity contribution >= 4 is 74.1 Å². The van der Waals surface area contributed by atoms with Gasteiger partial charge in [0.2, 0.25) is 0 Å². The average Bonchev–Trinajstić information content (AvgIpc) is 3.09. The van der Waals surface area contributed by atoms with Crippen LogP contribution in [0, 0.1) is 0 Å². The third-order valence-corrected chi connectivity index (χ3v) is 7.09. The Hall–Kier alpha value is -2.78. The molecule has 1 aliphatic heterocycles. The molecule has 35 heavy (non-hydrogen) atoms. The molecule has 4 rings (SSSR count). The number of rotatable bonds is 6. The maximum absolute atomic E-state index is 12.9. The molecule has 1 fully saturated rings. The van der Waals surface area contributed by atoms with Gasteiger partial charge in [-0.15, -0.1) is 0 Å². The van der Waals surface area contributed by atoms with E-state index in [1.54, 1.807) is 66.7 Å². The highest BCUT2D eigenvalue weighted by atomic mass is 79.9. The van der Waals surface area contributed by atoms with E-state index in [1.807, 2.05) is 0 Å². The molecular formula is C25H16BrCl2NO5S. The average molecular weight is 593 g/mol. The predicted octanol–water partition coefficient (Wildman–Crippen LogP) is 7.22. The lowest BCUT2D eigenvalue weighted by atomic mass is 10.1. The van der Waals surface area contributed by atoms with E-state index in [1.165, 1.54) is 7.11 Å². The van der Waals surface area contributed by atoms with Crippen LogP contribution < -0.4 is 9.47 Å². The summed E-state index contributed by atoms with van der Waals surface area (Å²) in [5.41, 5.74) is 1.66. The molecule has 6 nitrogen and oxygen atoms in total. The number of nitrogens with zero attached hydrogens (tertiary/aromatic N) is 1. The fraction of sp³-hybridized carbons (Fsp3) is 0.0800. The summed E-state index contributed by atoms with van der Waals surface area (Å²) in [5.74, 6) is -0.435. The Labute approximate surface area is 223 Å². The smallest absolute Gasteiger partial charge is 0.343 e. The van der Waals surface area contributed by atoms with Gasteiger partial charge in [0.1, 0.15) is 0 Å². The van der Waals surface area contributed by atoms with E-state index in [0.717, 1.165) is 21.1 Å². The summed E-state index contributed by atoms with van der Waals surface area (Å²) in [6.45, 7) is 0.0761. The van der Waals surface area contributed by atoms with Gasteiger partial charge in [-0.2, -0.15) is 0 Å². The third-order valence-electron chi connectivity index (χ3n) is 4.95. The van der Waals surface area contributed by atoms with Crippen molar-refractivity contribution in [2.24, 2.45) is 0 Å². The van der Waals surface area contributed by atoms with Crippen LogP contribution in [0.15, 0.2) is 70.0 Å².